The molecule has 0 bridgehead atoms. The number of hydrogen-bond donors (Lipinski definition) is 1. The Kier molecular flexibility index (Phi) is 13.1. The zero-order chi connectivity index (χ0) is 15.2. The van der Waals surface area contributed by atoms with Gasteiger partial charge < -0.3 is 5.11 Å². The van der Waals surface area contributed by atoms with Gasteiger partial charge in [0.15, 0.2) is 0 Å². The van der Waals surface area contributed by atoms with Gasteiger partial charge in [-0.05, 0) is 12.3 Å². The summed E-state index contributed by atoms with van der Waals surface area (Å²) >= 11 is 0. The van der Waals surface area contributed by atoms with E-state index in [0.29, 0.717) is 0 Å². The molecule has 0 heterocycles. The standard InChI is InChI=1S/C18H36O2/c1-16(2)14-12-10-8-6-4-5-7-9-11-13-15-17(3)18(19)20/h16-17H,4-15H2,1-3H3,(H,19,20). The maximum absolute atomic E-state index is 10.6. The molecule has 0 spiro atoms. The zero-order valence-corrected chi connectivity index (χ0v) is 14.0. The van der Waals surface area contributed by atoms with Crippen molar-refractivity contribution in [2.75, 3.05) is 0 Å². The van der Waals surface area contributed by atoms with Crippen LogP contribution in [0.3, 0.4) is 0 Å². The molecule has 0 aliphatic carbocycles. The van der Waals surface area contributed by atoms with Crippen LogP contribution in [0.15, 0.2) is 0 Å². The maximum Gasteiger partial charge on any atom is 0.306 e. The van der Waals surface area contributed by atoms with E-state index in [9.17, 15) is 4.79 Å². The lowest BCUT2D eigenvalue weighted by Gasteiger charge is -2.06. The van der Waals surface area contributed by atoms with Gasteiger partial charge in [0.05, 0.1) is 5.92 Å². The molecule has 0 aliphatic heterocycles. The number of hydrogen-bond acceptors (Lipinski definition) is 1. The van der Waals surface area contributed by atoms with E-state index in [0.717, 1.165) is 18.8 Å². The SMILES string of the molecule is CC(C)CCCCCCCCCCCCC(C)C(=O)O. The summed E-state index contributed by atoms with van der Waals surface area (Å²) in [7, 11) is 0. The molecule has 0 aromatic heterocycles. The van der Waals surface area contributed by atoms with E-state index in [1.54, 1.807) is 0 Å². The Morgan fingerprint density at radius 2 is 1.05 bits per heavy atom. The molecule has 0 saturated carbocycles. The topological polar surface area (TPSA) is 37.3 Å². The van der Waals surface area contributed by atoms with Crippen molar-refractivity contribution in [2.24, 2.45) is 11.8 Å². The van der Waals surface area contributed by atoms with Crippen molar-refractivity contribution in [3.63, 3.8) is 0 Å². The van der Waals surface area contributed by atoms with Crippen LogP contribution in [0, 0.1) is 11.8 Å². The van der Waals surface area contributed by atoms with E-state index in [-0.39, 0.29) is 5.92 Å². The largest absolute Gasteiger partial charge is 0.481 e. The van der Waals surface area contributed by atoms with Crippen LogP contribution in [-0.4, -0.2) is 11.1 Å². The zero-order valence-electron chi connectivity index (χ0n) is 14.0. The summed E-state index contributed by atoms with van der Waals surface area (Å²) in [5.41, 5.74) is 0. The highest BCUT2D eigenvalue weighted by molar-refractivity contribution is 5.69. The third kappa shape index (κ3) is 13.9. The predicted octanol–water partition coefficient (Wildman–Crippen LogP) is 6.04. The smallest absolute Gasteiger partial charge is 0.306 e. The lowest BCUT2D eigenvalue weighted by molar-refractivity contribution is -0.141. The van der Waals surface area contributed by atoms with E-state index < -0.39 is 5.97 Å². The van der Waals surface area contributed by atoms with Gasteiger partial charge in [0.1, 0.15) is 0 Å². The number of rotatable bonds is 14. The number of carboxylic acid groups (broad SMARTS) is 1. The summed E-state index contributed by atoms with van der Waals surface area (Å²) in [6, 6.07) is 0. The average molecular weight is 284 g/mol. The molecule has 20 heavy (non-hydrogen) atoms. The second kappa shape index (κ2) is 13.5. The minimum Gasteiger partial charge on any atom is -0.481 e. The van der Waals surface area contributed by atoms with Crippen LogP contribution in [-0.2, 0) is 4.79 Å². The normalized spacial score (nSPS) is 12.8. The Morgan fingerprint density at radius 3 is 1.40 bits per heavy atom. The fourth-order valence-corrected chi connectivity index (χ4v) is 2.54. The van der Waals surface area contributed by atoms with Crippen molar-refractivity contribution in [2.45, 2.75) is 97.8 Å². The fraction of sp³-hybridized carbons (Fsp3) is 0.944. The number of aliphatic carboxylic acids is 1. The average Bonchev–Trinajstić information content (AvgIpc) is 2.39. The number of carboxylic acids is 1. The molecule has 2 nitrogen and oxygen atoms in total. The van der Waals surface area contributed by atoms with Gasteiger partial charge in [-0.15, -0.1) is 0 Å². The van der Waals surface area contributed by atoms with Gasteiger partial charge in [-0.25, -0.2) is 0 Å². The van der Waals surface area contributed by atoms with Crippen LogP contribution >= 0.6 is 0 Å². The van der Waals surface area contributed by atoms with Crippen LogP contribution in [0.4, 0.5) is 0 Å². The quantitative estimate of drug-likeness (QED) is 0.394. The summed E-state index contributed by atoms with van der Waals surface area (Å²) in [6.07, 6.45) is 15.5. The molecule has 0 fully saturated rings. The molecule has 1 N–H and O–H groups in total. The first-order valence-electron chi connectivity index (χ1n) is 8.76. The summed E-state index contributed by atoms with van der Waals surface area (Å²) in [5, 5.41) is 8.77. The second-order valence-electron chi connectivity index (χ2n) is 6.75. The molecule has 1 unspecified atom stereocenters. The Labute approximate surface area is 126 Å². The van der Waals surface area contributed by atoms with E-state index >= 15 is 0 Å². The van der Waals surface area contributed by atoms with Gasteiger partial charge in [-0.1, -0.05) is 91.4 Å². The Bertz CT molecular complexity index is 223. The fourth-order valence-electron chi connectivity index (χ4n) is 2.54. The highest BCUT2D eigenvalue weighted by Gasteiger charge is 2.09. The first-order chi connectivity index (χ1) is 9.54. The van der Waals surface area contributed by atoms with Gasteiger partial charge in [0, 0.05) is 0 Å². The van der Waals surface area contributed by atoms with Crippen LogP contribution in [0.25, 0.3) is 0 Å². The van der Waals surface area contributed by atoms with Gasteiger partial charge in [0.2, 0.25) is 0 Å². The van der Waals surface area contributed by atoms with Crippen molar-refractivity contribution in [1.82, 2.24) is 0 Å². The van der Waals surface area contributed by atoms with E-state index in [1.165, 1.54) is 64.2 Å². The van der Waals surface area contributed by atoms with Gasteiger partial charge in [0.25, 0.3) is 0 Å². The summed E-state index contributed by atoms with van der Waals surface area (Å²) in [4.78, 5) is 10.6. The Hall–Kier alpha value is -0.530. The predicted molar refractivity (Wildman–Crippen MR) is 87.0 cm³/mol. The molecule has 0 saturated heterocycles. The Balaban J connectivity index is 3.08. The van der Waals surface area contributed by atoms with E-state index in [2.05, 4.69) is 13.8 Å². The second-order valence-corrected chi connectivity index (χ2v) is 6.75. The van der Waals surface area contributed by atoms with Crippen LogP contribution < -0.4 is 0 Å². The molecule has 2 heteroatoms. The minimum absolute atomic E-state index is 0.166. The summed E-state index contributed by atoms with van der Waals surface area (Å²) < 4.78 is 0. The number of carbonyl (C=O) groups is 1. The first kappa shape index (κ1) is 19.5. The van der Waals surface area contributed by atoms with Crippen LogP contribution in [0.5, 0.6) is 0 Å². The third-order valence-corrected chi connectivity index (χ3v) is 4.09. The highest BCUT2D eigenvalue weighted by atomic mass is 16.4. The first-order valence-corrected chi connectivity index (χ1v) is 8.76. The van der Waals surface area contributed by atoms with Crippen molar-refractivity contribution in [1.29, 1.82) is 0 Å². The summed E-state index contributed by atoms with van der Waals surface area (Å²) in [6.45, 7) is 6.41. The lowest BCUT2D eigenvalue weighted by Crippen LogP contribution is -2.08. The van der Waals surface area contributed by atoms with Crippen molar-refractivity contribution >= 4 is 5.97 Å². The van der Waals surface area contributed by atoms with Crippen molar-refractivity contribution < 1.29 is 9.90 Å². The van der Waals surface area contributed by atoms with E-state index in [4.69, 9.17) is 5.11 Å². The highest BCUT2D eigenvalue weighted by Crippen LogP contribution is 2.15. The molecule has 0 radical (unpaired) electrons. The van der Waals surface area contributed by atoms with Crippen LogP contribution in [0.1, 0.15) is 97.8 Å². The molecule has 0 amide bonds. The minimum atomic E-state index is -0.650. The van der Waals surface area contributed by atoms with E-state index in [1.807, 2.05) is 6.92 Å². The maximum atomic E-state index is 10.6. The molecular weight excluding hydrogens is 248 g/mol. The van der Waals surface area contributed by atoms with Crippen molar-refractivity contribution in [3.05, 3.63) is 0 Å². The molecule has 0 aliphatic rings. The monoisotopic (exact) mass is 284 g/mol. The van der Waals surface area contributed by atoms with Gasteiger partial charge in [-0.2, -0.15) is 0 Å². The van der Waals surface area contributed by atoms with Crippen LogP contribution in [0.2, 0.25) is 0 Å². The van der Waals surface area contributed by atoms with Gasteiger partial charge in [-0.3, -0.25) is 4.79 Å². The molecule has 120 valence electrons. The molecule has 1 atom stereocenters. The lowest BCUT2D eigenvalue weighted by atomic mass is 10.0. The molecule has 0 rings (SSSR count). The molecular formula is C18H36O2. The summed E-state index contributed by atoms with van der Waals surface area (Å²) in [5.74, 6) is 0.0437. The third-order valence-electron chi connectivity index (χ3n) is 4.09. The molecule has 0 aromatic rings. The molecule has 0 aromatic carbocycles. The van der Waals surface area contributed by atoms with Crippen molar-refractivity contribution in [3.8, 4) is 0 Å². The van der Waals surface area contributed by atoms with Gasteiger partial charge >= 0.3 is 5.97 Å². The Morgan fingerprint density at radius 1 is 0.700 bits per heavy atom. The number of unbranched alkanes of at least 4 members (excludes halogenated alkanes) is 9.